The Labute approximate surface area is 80.5 Å². The van der Waals surface area contributed by atoms with Crippen LogP contribution in [-0.2, 0) is 4.79 Å². The average molecular weight is 187 g/mol. The molecule has 3 nitrogen and oxygen atoms in total. The van der Waals surface area contributed by atoms with Gasteiger partial charge in [0.25, 0.3) is 0 Å². The SMILES string of the molecule is CCCC(C)NC(C)C(C)C(=O)O. The third kappa shape index (κ3) is 4.88. The number of nitrogens with one attached hydrogen (secondary N) is 1. The molecule has 78 valence electrons. The molecule has 0 bridgehead atoms. The number of carbonyl (C=O) groups is 1. The zero-order valence-corrected chi connectivity index (χ0v) is 9.00. The van der Waals surface area contributed by atoms with E-state index in [4.69, 9.17) is 5.11 Å². The summed E-state index contributed by atoms with van der Waals surface area (Å²) >= 11 is 0. The van der Waals surface area contributed by atoms with Crippen molar-refractivity contribution in [1.29, 1.82) is 0 Å². The van der Waals surface area contributed by atoms with Crippen molar-refractivity contribution in [3.05, 3.63) is 0 Å². The van der Waals surface area contributed by atoms with E-state index in [0.29, 0.717) is 6.04 Å². The lowest BCUT2D eigenvalue weighted by atomic mass is 10.0. The summed E-state index contributed by atoms with van der Waals surface area (Å²) in [6, 6.07) is 0.445. The summed E-state index contributed by atoms with van der Waals surface area (Å²) < 4.78 is 0. The van der Waals surface area contributed by atoms with Crippen molar-refractivity contribution in [1.82, 2.24) is 5.32 Å². The highest BCUT2D eigenvalue weighted by Crippen LogP contribution is 2.05. The van der Waals surface area contributed by atoms with E-state index >= 15 is 0 Å². The van der Waals surface area contributed by atoms with Gasteiger partial charge in [0.15, 0.2) is 0 Å². The van der Waals surface area contributed by atoms with Crippen LogP contribution >= 0.6 is 0 Å². The summed E-state index contributed by atoms with van der Waals surface area (Å²) in [6.45, 7) is 7.88. The third-order valence-electron chi connectivity index (χ3n) is 2.41. The smallest absolute Gasteiger partial charge is 0.307 e. The predicted octanol–water partition coefficient (Wildman–Crippen LogP) is 1.87. The summed E-state index contributed by atoms with van der Waals surface area (Å²) in [5.41, 5.74) is 0. The lowest BCUT2D eigenvalue weighted by Crippen LogP contribution is -2.41. The molecule has 0 rings (SSSR count). The van der Waals surface area contributed by atoms with Crippen LogP contribution in [0.1, 0.15) is 40.5 Å². The van der Waals surface area contributed by atoms with E-state index in [0.717, 1.165) is 12.8 Å². The molecule has 0 aliphatic heterocycles. The zero-order chi connectivity index (χ0) is 10.4. The number of carboxylic acid groups (broad SMARTS) is 1. The van der Waals surface area contributed by atoms with Crippen LogP contribution in [0, 0.1) is 5.92 Å². The highest BCUT2D eigenvalue weighted by Gasteiger charge is 2.19. The van der Waals surface area contributed by atoms with Crippen molar-refractivity contribution in [2.45, 2.75) is 52.6 Å². The van der Waals surface area contributed by atoms with Crippen molar-refractivity contribution >= 4 is 5.97 Å². The molecule has 0 fully saturated rings. The number of carboxylic acids is 1. The Balaban J connectivity index is 3.84. The van der Waals surface area contributed by atoms with Gasteiger partial charge in [-0.3, -0.25) is 4.79 Å². The highest BCUT2D eigenvalue weighted by molar-refractivity contribution is 5.70. The Kier molecular flexibility index (Phi) is 5.71. The monoisotopic (exact) mass is 187 g/mol. The Hall–Kier alpha value is -0.570. The fraction of sp³-hybridized carbons (Fsp3) is 0.900. The van der Waals surface area contributed by atoms with E-state index in [-0.39, 0.29) is 12.0 Å². The van der Waals surface area contributed by atoms with Gasteiger partial charge in [0.1, 0.15) is 0 Å². The van der Waals surface area contributed by atoms with Crippen molar-refractivity contribution in [2.75, 3.05) is 0 Å². The quantitative estimate of drug-likeness (QED) is 0.667. The number of hydrogen-bond donors (Lipinski definition) is 2. The number of rotatable bonds is 6. The Morgan fingerprint density at radius 2 is 1.92 bits per heavy atom. The Morgan fingerprint density at radius 3 is 2.31 bits per heavy atom. The molecule has 3 heteroatoms. The first kappa shape index (κ1) is 12.4. The molecular formula is C10H21NO2. The van der Waals surface area contributed by atoms with Crippen LogP contribution in [0.25, 0.3) is 0 Å². The minimum atomic E-state index is -0.733. The second-order valence-corrected chi connectivity index (χ2v) is 3.77. The molecule has 3 atom stereocenters. The maximum absolute atomic E-state index is 10.6. The van der Waals surface area contributed by atoms with Crippen LogP contribution in [0.5, 0.6) is 0 Å². The molecule has 0 aromatic rings. The highest BCUT2D eigenvalue weighted by atomic mass is 16.4. The molecule has 0 aliphatic rings. The van der Waals surface area contributed by atoms with Crippen molar-refractivity contribution in [3.8, 4) is 0 Å². The van der Waals surface area contributed by atoms with E-state index in [1.807, 2.05) is 6.92 Å². The van der Waals surface area contributed by atoms with Crippen molar-refractivity contribution in [2.24, 2.45) is 5.92 Å². The summed E-state index contributed by atoms with van der Waals surface area (Å²) in [5, 5.41) is 12.0. The molecule has 3 unspecified atom stereocenters. The molecule has 0 aromatic heterocycles. The lowest BCUT2D eigenvalue weighted by molar-refractivity contribution is -0.142. The maximum atomic E-state index is 10.6. The molecule has 0 saturated carbocycles. The molecule has 0 aromatic carbocycles. The molecule has 0 spiro atoms. The Morgan fingerprint density at radius 1 is 1.38 bits per heavy atom. The van der Waals surface area contributed by atoms with Gasteiger partial charge in [0.05, 0.1) is 5.92 Å². The second kappa shape index (κ2) is 5.97. The van der Waals surface area contributed by atoms with Gasteiger partial charge < -0.3 is 10.4 Å². The van der Waals surface area contributed by atoms with Gasteiger partial charge >= 0.3 is 5.97 Å². The molecule has 2 N–H and O–H groups in total. The van der Waals surface area contributed by atoms with Crippen LogP contribution < -0.4 is 5.32 Å². The van der Waals surface area contributed by atoms with Crippen LogP contribution in [0.4, 0.5) is 0 Å². The molecule has 0 radical (unpaired) electrons. The first-order valence-electron chi connectivity index (χ1n) is 4.97. The maximum Gasteiger partial charge on any atom is 0.307 e. The summed E-state index contributed by atoms with van der Waals surface area (Å²) in [7, 11) is 0. The number of aliphatic carboxylic acids is 1. The van der Waals surface area contributed by atoms with Crippen molar-refractivity contribution < 1.29 is 9.90 Å². The van der Waals surface area contributed by atoms with E-state index in [2.05, 4.69) is 19.2 Å². The van der Waals surface area contributed by atoms with E-state index in [1.165, 1.54) is 0 Å². The molecule has 0 aliphatic carbocycles. The molecule has 0 heterocycles. The normalized spacial score (nSPS) is 17.8. The fourth-order valence-electron chi connectivity index (χ4n) is 1.32. The van der Waals surface area contributed by atoms with Crippen LogP contribution in [-0.4, -0.2) is 23.2 Å². The van der Waals surface area contributed by atoms with Gasteiger partial charge in [0, 0.05) is 12.1 Å². The minimum absolute atomic E-state index is 0.0408. The van der Waals surface area contributed by atoms with Crippen LogP contribution in [0.3, 0.4) is 0 Å². The Bertz CT molecular complexity index is 159. The van der Waals surface area contributed by atoms with Crippen LogP contribution in [0.15, 0.2) is 0 Å². The zero-order valence-electron chi connectivity index (χ0n) is 9.00. The van der Waals surface area contributed by atoms with Gasteiger partial charge in [-0.05, 0) is 20.3 Å². The van der Waals surface area contributed by atoms with E-state index in [1.54, 1.807) is 6.92 Å². The summed E-state index contributed by atoms with van der Waals surface area (Å²) in [4.78, 5) is 10.6. The second-order valence-electron chi connectivity index (χ2n) is 3.77. The molecule has 13 heavy (non-hydrogen) atoms. The first-order valence-corrected chi connectivity index (χ1v) is 4.97. The van der Waals surface area contributed by atoms with Gasteiger partial charge in [-0.1, -0.05) is 20.3 Å². The van der Waals surface area contributed by atoms with Gasteiger partial charge in [-0.25, -0.2) is 0 Å². The van der Waals surface area contributed by atoms with Gasteiger partial charge in [-0.15, -0.1) is 0 Å². The topological polar surface area (TPSA) is 49.3 Å². The van der Waals surface area contributed by atoms with Gasteiger partial charge in [-0.2, -0.15) is 0 Å². The first-order chi connectivity index (χ1) is 5.99. The van der Waals surface area contributed by atoms with Crippen LogP contribution in [0.2, 0.25) is 0 Å². The molecular weight excluding hydrogens is 166 g/mol. The fourth-order valence-corrected chi connectivity index (χ4v) is 1.32. The standard InChI is InChI=1S/C10H21NO2/c1-5-6-7(2)11-9(4)8(3)10(12)13/h7-9,11H,5-6H2,1-4H3,(H,12,13). The van der Waals surface area contributed by atoms with Crippen molar-refractivity contribution in [3.63, 3.8) is 0 Å². The van der Waals surface area contributed by atoms with Gasteiger partial charge in [0.2, 0.25) is 0 Å². The molecule has 0 saturated heterocycles. The molecule has 0 amide bonds. The van der Waals surface area contributed by atoms with E-state index < -0.39 is 5.97 Å². The summed E-state index contributed by atoms with van der Waals surface area (Å²) in [6.07, 6.45) is 2.22. The largest absolute Gasteiger partial charge is 0.481 e. The average Bonchev–Trinajstić information content (AvgIpc) is 2.03. The third-order valence-corrected chi connectivity index (χ3v) is 2.41. The lowest BCUT2D eigenvalue weighted by Gasteiger charge is -2.22. The summed E-state index contributed by atoms with van der Waals surface area (Å²) in [5.74, 6) is -1.05. The number of hydrogen-bond acceptors (Lipinski definition) is 2. The minimum Gasteiger partial charge on any atom is -0.481 e. The predicted molar refractivity (Wildman–Crippen MR) is 53.8 cm³/mol. The van der Waals surface area contributed by atoms with E-state index in [9.17, 15) is 4.79 Å².